The summed E-state index contributed by atoms with van der Waals surface area (Å²) in [5.74, 6) is 1.40. The largest absolute Gasteiger partial charge is 0.496 e. The van der Waals surface area contributed by atoms with Crippen molar-refractivity contribution in [3.8, 4) is 5.75 Å². The number of pyridine rings is 1. The summed E-state index contributed by atoms with van der Waals surface area (Å²) in [4.78, 5) is 37.9. The molecule has 2 bridgehead atoms. The Balaban J connectivity index is 1.05. The fourth-order valence-electron chi connectivity index (χ4n) is 6.71. The summed E-state index contributed by atoms with van der Waals surface area (Å²) in [6, 6.07) is 18.2. The van der Waals surface area contributed by atoms with Gasteiger partial charge < -0.3 is 30.1 Å². The summed E-state index contributed by atoms with van der Waals surface area (Å²) in [7, 11) is 3.77. The first-order chi connectivity index (χ1) is 20.4. The summed E-state index contributed by atoms with van der Waals surface area (Å²) < 4.78 is 5.39. The van der Waals surface area contributed by atoms with Crippen LogP contribution in [0.15, 0.2) is 60.8 Å². The first-order valence-corrected chi connectivity index (χ1v) is 14.9. The van der Waals surface area contributed by atoms with Crippen LogP contribution in [-0.4, -0.2) is 80.2 Å². The molecule has 0 aliphatic carbocycles. The molecule has 0 unspecified atom stereocenters. The van der Waals surface area contributed by atoms with Crippen molar-refractivity contribution in [1.29, 1.82) is 0 Å². The van der Waals surface area contributed by atoms with E-state index in [0.29, 0.717) is 23.2 Å². The van der Waals surface area contributed by atoms with Crippen LogP contribution in [0.4, 0.5) is 17.2 Å². The normalized spacial score (nSPS) is 22.1. The highest BCUT2D eigenvalue weighted by atomic mass is 16.5. The number of nitrogens with zero attached hydrogens (tertiary/aromatic N) is 4. The van der Waals surface area contributed by atoms with Crippen molar-refractivity contribution in [2.45, 2.75) is 50.7 Å². The molecule has 220 valence electrons. The Kier molecular flexibility index (Phi) is 8.02. The van der Waals surface area contributed by atoms with Gasteiger partial charge in [-0.1, -0.05) is 6.07 Å². The molecular formula is C33H40N6O3. The third-order valence-corrected chi connectivity index (χ3v) is 9.09. The van der Waals surface area contributed by atoms with Gasteiger partial charge in [-0.15, -0.1) is 0 Å². The smallest absolute Gasteiger partial charge is 0.257 e. The number of hydrogen-bond acceptors (Lipinski definition) is 7. The third kappa shape index (κ3) is 5.79. The van der Waals surface area contributed by atoms with E-state index >= 15 is 0 Å². The van der Waals surface area contributed by atoms with E-state index in [1.54, 1.807) is 13.3 Å². The molecule has 4 heterocycles. The molecule has 3 aromatic rings. The minimum absolute atomic E-state index is 0.0493. The predicted octanol–water partition coefficient (Wildman–Crippen LogP) is 4.33. The number of piperidine rings is 1. The average molecular weight is 569 g/mol. The molecule has 0 saturated carbocycles. The minimum Gasteiger partial charge on any atom is -0.496 e. The van der Waals surface area contributed by atoms with Crippen LogP contribution in [0.3, 0.4) is 0 Å². The van der Waals surface area contributed by atoms with E-state index in [-0.39, 0.29) is 17.9 Å². The van der Waals surface area contributed by atoms with Gasteiger partial charge in [-0.2, -0.15) is 0 Å². The highest BCUT2D eigenvalue weighted by Gasteiger charge is 2.42. The summed E-state index contributed by atoms with van der Waals surface area (Å²) in [5.41, 5.74) is 4.00. The van der Waals surface area contributed by atoms with Gasteiger partial charge in [0.05, 0.1) is 12.7 Å². The van der Waals surface area contributed by atoms with Gasteiger partial charge in [0.1, 0.15) is 11.6 Å². The minimum atomic E-state index is -0.168. The molecule has 2 amide bonds. The number of hydrogen-bond donors (Lipinski definition) is 2. The Morgan fingerprint density at radius 3 is 2.26 bits per heavy atom. The molecule has 3 atom stereocenters. The number of nitrogens with one attached hydrogen (secondary N) is 2. The number of piperazine rings is 1. The molecule has 1 aromatic heterocycles. The first kappa shape index (κ1) is 28.0. The number of carbonyl (C=O) groups excluding carboxylic acids is 2. The topological polar surface area (TPSA) is 90.0 Å². The lowest BCUT2D eigenvalue weighted by Gasteiger charge is -2.40. The van der Waals surface area contributed by atoms with E-state index in [1.165, 1.54) is 5.69 Å². The number of anilines is 3. The standard InChI is InChI=1S/C33H40N6O3/c1-22-29(5-4-6-30(22)42-3)33(41)36-25-19-27-12-13-28(20-25)39(27)31-14-7-23(21-34-31)32(40)35-24-8-10-26(11-9-24)38-17-15-37(2)16-18-38/h4-11,14,21,25,27-28H,12-13,15-20H2,1-3H3,(H,35,40)(H,36,41)/t25-,27+,28-. The first-order valence-electron chi connectivity index (χ1n) is 14.9. The molecule has 6 rings (SSSR count). The van der Waals surface area contributed by atoms with Crippen molar-refractivity contribution < 1.29 is 14.3 Å². The van der Waals surface area contributed by atoms with Crippen molar-refractivity contribution >= 4 is 29.0 Å². The van der Waals surface area contributed by atoms with Gasteiger partial charge in [-0.3, -0.25) is 9.59 Å². The highest BCUT2D eigenvalue weighted by Crippen LogP contribution is 2.39. The van der Waals surface area contributed by atoms with Gasteiger partial charge in [-0.25, -0.2) is 4.98 Å². The summed E-state index contributed by atoms with van der Waals surface area (Å²) in [6.45, 7) is 6.05. The quantitative estimate of drug-likeness (QED) is 0.439. The van der Waals surface area contributed by atoms with Crippen molar-refractivity contribution in [2.75, 3.05) is 55.5 Å². The van der Waals surface area contributed by atoms with E-state index in [1.807, 2.05) is 49.4 Å². The Hall–Kier alpha value is -4.11. The second-order valence-corrected chi connectivity index (χ2v) is 11.8. The average Bonchev–Trinajstić information content (AvgIpc) is 3.27. The van der Waals surface area contributed by atoms with Crippen LogP contribution in [0.5, 0.6) is 5.75 Å². The maximum atomic E-state index is 13.1. The van der Waals surface area contributed by atoms with E-state index in [0.717, 1.165) is 74.7 Å². The van der Waals surface area contributed by atoms with E-state index in [4.69, 9.17) is 9.72 Å². The number of aromatic nitrogens is 1. The summed E-state index contributed by atoms with van der Waals surface area (Å²) >= 11 is 0. The molecule has 2 N–H and O–H groups in total. The zero-order valence-electron chi connectivity index (χ0n) is 24.7. The summed E-state index contributed by atoms with van der Waals surface area (Å²) in [5, 5.41) is 6.28. The molecular weight excluding hydrogens is 528 g/mol. The number of methoxy groups -OCH3 is 1. The molecule has 3 aliphatic heterocycles. The van der Waals surface area contributed by atoms with Crippen LogP contribution in [0.2, 0.25) is 0 Å². The van der Waals surface area contributed by atoms with Crippen LogP contribution in [-0.2, 0) is 0 Å². The number of carbonyl (C=O) groups is 2. The lowest BCUT2D eigenvalue weighted by atomic mass is 9.96. The van der Waals surface area contributed by atoms with E-state index in [9.17, 15) is 9.59 Å². The van der Waals surface area contributed by atoms with Gasteiger partial charge in [-0.05, 0) is 88.2 Å². The van der Waals surface area contributed by atoms with E-state index < -0.39 is 0 Å². The third-order valence-electron chi connectivity index (χ3n) is 9.09. The van der Waals surface area contributed by atoms with Gasteiger partial charge in [0, 0.05) is 73.0 Å². The van der Waals surface area contributed by atoms with Crippen LogP contribution in [0.25, 0.3) is 0 Å². The Labute approximate surface area is 247 Å². The van der Waals surface area contributed by atoms with Crippen molar-refractivity contribution in [2.24, 2.45) is 0 Å². The SMILES string of the molecule is COc1cccc(C(=O)N[C@H]2C[C@H]3CC[C@@H](C2)N3c2ccc(C(=O)Nc3ccc(N4CCN(C)CC4)cc3)cn2)c1C. The van der Waals surface area contributed by atoms with Gasteiger partial charge in [0.15, 0.2) is 0 Å². The predicted molar refractivity (Wildman–Crippen MR) is 166 cm³/mol. The number of benzene rings is 2. The Bertz CT molecular complexity index is 1400. The van der Waals surface area contributed by atoms with Crippen LogP contribution in [0.1, 0.15) is 52.0 Å². The van der Waals surface area contributed by atoms with Crippen LogP contribution in [0, 0.1) is 6.92 Å². The summed E-state index contributed by atoms with van der Waals surface area (Å²) in [6.07, 6.45) is 5.56. The number of fused-ring (bicyclic) bond motifs is 2. The monoisotopic (exact) mass is 568 g/mol. The molecule has 2 aromatic carbocycles. The lowest BCUT2D eigenvalue weighted by molar-refractivity contribution is 0.0925. The molecule has 3 fully saturated rings. The fourth-order valence-corrected chi connectivity index (χ4v) is 6.71. The Morgan fingerprint density at radius 2 is 1.62 bits per heavy atom. The van der Waals surface area contributed by atoms with Gasteiger partial charge in [0.25, 0.3) is 11.8 Å². The lowest BCUT2D eigenvalue weighted by Crippen LogP contribution is -2.50. The maximum Gasteiger partial charge on any atom is 0.257 e. The number of likely N-dealkylation sites (N-methyl/N-ethyl adjacent to an activating group) is 1. The zero-order chi connectivity index (χ0) is 29.2. The molecule has 42 heavy (non-hydrogen) atoms. The van der Waals surface area contributed by atoms with Crippen molar-refractivity contribution in [1.82, 2.24) is 15.2 Å². The van der Waals surface area contributed by atoms with Crippen molar-refractivity contribution in [3.05, 3.63) is 77.5 Å². The molecule has 3 saturated heterocycles. The van der Waals surface area contributed by atoms with Gasteiger partial charge in [0.2, 0.25) is 0 Å². The Morgan fingerprint density at radius 1 is 0.905 bits per heavy atom. The molecule has 9 heteroatoms. The molecule has 0 spiro atoms. The van der Waals surface area contributed by atoms with E-state index in [2.05, 4.69) is 44.5 Å². The number of rotatable bonds is 7. The van der Waals surface area contributed by atoms with Crippen molar-refractivity contribution in [3.63, 3.8) is 0 Å². The number of amides is 2. The fraction of sp³-hybridized carbons (Fsp3) is 0.424. The number of ether oxygens (including phenoxy) is 1. The second-order valence-electron chi connectivity index (χ2n) is 11.8. The zero-order valence-corrected chi connectivity index (χ0v) is 24.7. The highest BCUT2D eigenvalue weighted by molar-refractivity contribution is 6.04. The maximum absolute atomic E-state index is 13.1. The second kappa shape index (κ2) is 12.0. The molecule has 3 aliphatic rings. The molecule has 9 nitrogen and oxygen atoms in total. The van der Waals surface area contributed by atoms with Crippen LogP contribution >= 0.6 is 0 Å². The molecule has 0 radical (unpaired) electrons. The van der Waals surface area contributed by atoms with Gasteiger partial charge >= 0.3 is 0 Å². The van der Waals surface area contributed by atoms with Crippen LogP contribution < -0.4 is 25.2 Å².